The molecule has 1 heterocycles. The molecule has 4 rings (SSSR count). The van der Waals surface area contributed by atoms with Crippen molar-refractivity contribution in [2.24, 2.45) is 5.92 Å². The van der Waals surface area contributed by atoms with Crippen LogP contribution < -0.4 is 4.31 Å². The maximum Gasteiger partial charge on any atom is 0.335 e. The van der Waals surface area contributed by atoms with Gasteiger partial charge in [-0.2, -0.15) is 0 Å². The Balaban J connectivity index is 1.77. The van der Waals surface area contributed by atoms with Gasteiger partial charge in [-0.1, -0.05) is 31.0 Å². The molecule has 1 fully saturated rings. The molecule has 0 spiro atoms. The number of thiophene rings is 1. The average Bonchev–Trinajstić information content (AvgIpc) is 3.45. The Bertz CT molecular complexity index is 1130. The second-order valence-corrected chi connectivity index (χ2v) is 10.5. The maximum atomic E-state index is 13.4. The summed E-state index contributed by atoms with van der Waals surface area (Å²) in [4.78, 5) is 11.2. The molecule has 2 aromatic carbocycles. The molecule has 1 aliphatic carbocycles. The Kier molecular flexibility index (Phi) is 5.20. The van der Waals surface area contributed by atoms with E-state index >= 15 is 0 Å². The lowest BCUT2D eigenvalue weighted by Crippen LogP contribution is -2.32. The Morgan fingerprint density at radius 3 is 2.43 bits per heavy atom. The highest BCUT2D eigenvalue weighted by atomic mass is 79.9. The van der Waals surface area contributed by atoms with Crippen molar-refractivity contribution in [1.82, 2.24) is 0 Å². The van der Waals surface area contributed by atoms with Gasteiger partial charge in [0.1, 0.15) is 5.00 Å². The van der Waals surface area contributed by atoms with Crippen LogP contribution in [0.2, 0.25) is 0 Å². The zero-order valence-electron chi connectivity index (χ0n) is 14.8. The molecule has 1 N–H and O–H groups in total. The van der Waals surface area contributed by atoms with E-state index < -0.39 is 16.0 Å². The van der Waals surface area contributed by atoms with E-state index in [1.54, 1.807) is 0 Å². The number of halogens is 1. The molecular weight excluding hydrogens is 462 g/mol. The number of carboxylic acid groups (broad SMARTS) is 1. The number of hydrogen-bond donors (Lipinski definition) is 1. The van der Waals surface area contributed by atoms with Crippen LogP contribution in [0.3, 0.4) is 0 Å². The third kappa shape index (κ3) is 3.68. The highest BCUT2D eigenvalue weighted by Crippen LogP contribution is 2.44. The van der Waals surface area contributed by atoms with E-state index in [1.807, 2.05) is 24.3 Å². The number of carbonyl (C=O) groups is 1. The molecule has 28 heavy (non-hydrogen) atoms. The van der Waals surface area contributed by atoms with Gasteiger partial charge < -0.3 is 5.11 Å². The average molecular weight is 480 g/mol. The molecule has 3 aromatic rings. The summed E-state index contributed by atoms with van der Waals surface area (Å²) in [6, 6.07) is 13.2. The lowest BCUT2D eigenvalue weighted by Gasteiger charge is -2.23. The molecule has 0 saturated heterocycles. The van der Waals surface area contributed by atoms with Gasteiger partial charge in [-0.15, -0.1) is 11.3 Å². The van der Waals surface area contributed by atoms with Gasteiger partial charge in [0, 0.05) is 16.6 Å². The molecule has 0 aliphatic heterocycles. The van der Waals surface area contributed by atoms with Gasteiger partial charge in [0.25, 0.3) is 10.0 Å². The number of anilines is 1. The van der Waals surface area contributed by atoms with Crippen LogP contribution in [0.4, 0.5) is 5.00 Å². The number of benzene rings is 2. The largest absolute Gasteiger partial charge is 0.478 e. The smallest absolute Gasteiger partial charge is 0.335 e. The number of rotatable bonds is 7. The van der Waals surface area contributed by atoms with Crippen LogP contribution in [0.1, 0.15) is 29.6 Å². The van der Waals surface area contributed by atoms with Gasteiger partial charge in [-0.3, -0.25) is 4.31 Å². The van der Waals surface area contributed by atoms with Crippen LogP contribution in [0.15, 0.2) is 57.9 Å². The van der Waals surface area contributed by atoms with Gasteiger partial charge >= 0.3 is 5.97 Å². The second kappa shape index (κ2) is 7.50. The predicted molar refractivity (Wildman–Crippen MR) is 115 cm³/mol. The van der Waals surface area contributed by atoms with Crippen LogP contribution in [0.5, 0.6) is 0 Å². The third-order valence-electron chi connectivity index (χ3n) is 4.87. The summed E-state index contributed by atoms with van der Waals surface area (Å²) in [5, 5.41) is 10.7. The van der Waals surface area contributed by atoms with Crippen molar-refractivity contribution < 1.29 is 18.3 Å². The van der Waals surface area contributed by atoms with Crippen molar-refractivity contribution in [2.45, 2.75) is 24.2 Å². The summed E-state index contributed by atoms with van der Waals surface area (Å²) >= 11 is 5.04. The van der Waals surface area contributed by atoms with Crippen LogP contribution >= 0.6 is 27.3 Å². The van der Waals surface area contributed by atoms with E-state index in [2.05, 4.69) is 15.9 Å². The Morgan fingerprint density at radius 2 is 1.82 bits per heavy atom. The van der Waals surface area contributed by atoms with E-state index in [0.29, 0.717) is 17.5 Å². The number of nitrogens with zero attached hydrogens (tertiary/aromatic N) is 1. The maximum absolute atomic E-state index is 13.4. The first-order chi connectivity index (χ1) is 13.4. The zero-order chi connectivity index (χ0) is 19.9. The number of fused-ring (bicyclic) bond motifs is 1. The van der Waals surface area contributed by atoms with Crippen molar-refractivity contribution in [3.8, 4) is 0 Å². The minimum Gasteiger partial charge on any atom is -0.478 e. The van der Waals surface area contributed by atoms with E-state index in [4.69, 9.17) is 5.11 Å². The van der Waals surface area contributed by atoms with Crippen molar-refractivity contribution in [3.63, 3.8) is 0 Å². The topological polar surface area (TPSA) is 74.7 Å². The van der Waals surface area contributed by atoms with Gasteiger partial charge in [-0.25, -0.2) is 13.2 Å². The zero-order valence-corrected chi connectivity index (χ0v) is 18.1. The fraction of sp³-hybridized carbons (Fsp3) is 0.250. The van der Waals surface area contributed by atoms with Crippen molar-refractivity contribution in [3.05, 3.63) is 58.6 Å². The lowest BCUT2D eigenvalue weighted by molar-refractivity contribution is 0.0696. The van der Waals surface area contributed by atoms with Crippen LogP contribution in [0, 0.1) is 5.92 Å². The molecule has 8 heteroatoms. The van der Waals surface area contributed by atoms with Crippen molar-refractivity contribution >= 4 is 58.3 Å². The molecule has 0 bridgehead atoms. The number of carboxylic acids is 1. The fourth-order valence-corrected chi connectivity index (χ4v) is 6.97. The summed E-state index contributed by atoms with van der Waals surface area (Å²) in [7, 11) is -3.81. The van der Waals surface area contributed by atoms with Crippen LogP contribution in [0.25, 0.3) is 10.1 Å². The second-order valence-electron chi connectivity index (χ2n) is 6.86. The van der Waals surface area contributed by atoms with Crippen molar-refractivity contribution in [1.29, 1.82) is 0 Å². The van der Waals surface area contributed by atoms with E-state index in [9.17, 15) is 13.2 Å². The molecule has 0 radical (unpaired) electrons. The monoisotopic (exact) mass is 479 g/mol. The van der Waals surface area contributed by atoms with E-state index in [0.717, 1.165) is 33.8 Å². The normalized spacial score (nSPS) is 14.3. The molecule has 1 aromatic heterocycles. The highest BCUT2D eigenvalue weighted by molar-refractivity contribution is 9.10. The summed E-state index contributed by atoms with van der Waals surface area (Å²) in [5.41, 5.74) is 0.0616. The molecule has 0 atom stereocenters. The number of sulfonamides is 1. The SMILES string of the molecule is O=C(O)c1ccc(S(=O)(=O)N(CCC2CC2)c2sc3ccccc3c2Br)cc1. The standard InChI is InChI=1S/C20H18BrNO4S2/c21-18-16-3-1-2-4-17(16)27-19(18)22(12-11-13-5-6-13)28(25,26)15-9-7-14(8-10-15)20(23)24/h1-4,7-10,13H,5-6,11-12H2,(H,23,24). The summed E-state index contributed by atoms with van der Waals surface area (Å²) in [6.45, 7) is 0.402. The summed E-state index contributed by atoms with van der Waals surface area (Å²) in [5.74, 6) is -0.498. The first kappa shape index (κ1) is 19.4. The number of aromatic carboxylic acids is 1. The quantitative estimate of drug-likeness (QED) is 0.494. The molecule has 146 valence electrons. The molecular formula is C20H18BrNO4S2. The lowest BCUT2D eigenvalue weighted by atomic mass is 10.2. The first-order valence-corrected chi connectivity index (χ1v) is 12.0. The Morgan fingerprint density at radius 1 is 1.14 bits per heavy atom. The predicted octanol–water partition coefficient (Wildman–Crippen LogP) is 5.36. The van der Waals surface area contributed by atoms with Crippen molar-refractivity contribution in [2.75, 3.05) is 10.8 Å². The minimum atomic E-state index is -3.81. The first-order valence-electron chi connectivity index (χ1n) is 8.91. The van der Waals surface area contributed by atoms with Crippen LogP contribution in [-0.2, 0) is 10.0 Å². The third-order valence-corrected chi connectivity index (χ3v) is 9.06. The van der Waals surface area contributed by atoms with Gasteiger partial charge in [0.15, 0.2) is 0 Å². The number of hydrogen-bond acceptors (Lipinski definition) is 4. The minimum absolute atomic E-state index is 0.0616. The Labute approximate surface area is 175 Å². The molecule has 0 amide bonds. The van der Waals surface area contributed by atoms with Gasteiger partial charge in [0.05, 0.1) is 14.9 Å². The van der Waals surface area contributed by atoms with E-state index in [1.165, 1.54) is 39.9 Å². The van der Waals surface area contributed by atoms with Crippen LogP contribution in [-0.4, -0.2) is 26.0 Å². The summed E-state index contributed by atoms with van der Waals surface area (Å²) in [6.07, 6.45) is 3.11. The molecule has 1 saturated carbocycles. The Hall–Kier alpha value is -1.90. The highest BCUT2D eigenvalue weighted by Gasteiger charge is 2.31. The molecule has 1 aliphatic rings. The summed E-state index contributed by atoms with van der Waals surface area (Å²) < 4.78 is 30.1. The molecule has 5 nitrogen and oxygen atoms in total. The fourth-order valence-electron chi connectivity index (χ4n) is 3.10. The van der Waals surface area contributed by atoms with E-state index in [-0.39, 0.29) is 10.5 Å². The molecule has 0 unspecified atom stereocenters. The van der Waals surface area contributed by atoms with Gasteiger partial charge in [0.2, 0.25) is 0 Å². The van der Waals surface area contributed by atoms with Gasteiger partial charge in [-0.05, 0) is 58.6 Å².